The van der Waals surface area contributed by atoms with Gasteiger partial charge in [-0.25, -0.2) is 13.2 Å². The zero-order valence-corrected chi connectivity index (χ0v) is 51.5. The normalized spacial score (nSPS) is 14.6. The van der Waals surface area contributed by atoms with Crippen LogP contribution in [0.5, 0.6) is 40.2 Å². The highest BCUT2D eigenvalue weighted by Gasteiger charge is 2.31. The van der Waals surface area contributed by atoms with Crippen LogP contribution in [0.2, 0.25) is 0 Å². The van der Waals surface area contributed by atoms with Crippen molar-refractivity contribution in [3.05, 3.63) is 221 Å². The number of fused-ring (bicyclic) bond motifs is 4. The summed E-state index contributed by atoms with van der Waals surface area (Å²) < 4.78 is 79.8. The molecule has 0 N–H and O–H groups in total. The Kier molecular flexibility index (Phi) is 20.7. The van der Waals surface area contributed by atoms with Crippen molar-refractivity contribution in [3.63, 3.8) is 0 Å². The van der Waals surface area contributed by atoms with Crippen molar-refractivity contribution in [1.29, 1.82) is 0 Å². The van der Waals surface area contributed by atoms with Crippen LogP contribution >= 0.6 is 0 Å². The van der Waals surface area contributed by atoms with Gasteiger partial charge in [0.25, 0.3) is 55.4 Å². The third-order valence-electron chi connectivity index (χ3n) is 14.5. The molecule has 0 spiro atoms. The molecule has 0 saturated heterocycles. The smallest absolute Gasteiger partial charge is 0.293 e. The molecule has 450 valence electrons. The molecule has 87 heavy (non-hydrogen) atoms. The van der Waals surface area contributed by atoms with Gasteiger partial charge >= 0.3 is 0 Å². The summed E-state index contributed by atoms with van der Waals surface area (Å²) >= 11 is 0. The minimum absolute atomic E-state index is 0.0944. The monoisotopic (exact) mass is 1190 g/mol. The lowest BCUT2D eigenvalue weighted by Crippen LogP contribution is -2.08. The molecule has 0 amide bonds. The molecule has 0 bridgehead atoms. The van der Waals surface area contributed by atoms with Crippen LogP contribution < -0.4 is 33.2 Å². The standard InChI is InChI=1S/C19H22NO4.C18H20NO.C16H15FNO.C16H15N2O3.CH2F2/c1-12-6-13(2)18-15(7-12)20(11-24-18)10-14-8-16(21-3)19(23-5)17(9-14)22-4;1-12-5-6-14(3)16(8-12)10-19-11-20-18-15(4)7-13(2)9-17(18)19;1-11-7-12(2)16-15(8-11)18(10-19-16)9-13-3-5-14(17)6-4-13;1-11-7-12(2)16-15(8-11)17(10-21-16)9-13-3-5-14(6-4-13)18(19)20;2-1-3/h6-10H,11H2,1-5H3;5-10H,11H2,1-4H3;3-9H,10H2,1-2H3;3-9H,10H2,1-2H3;1H2/q4*+1;/b20-10-;19-10-;18-9-;17-9-;. The van der Waals surface area contributed by atoms with Crippen LogP contribution in [-0.4, -0.2) is 103 Å². The number of alkyl halides is 2. The van der Waals surface area contributed by atoms with Crippen molar-refractivity contribution in [2.75, 3.05) is 55.2 Å². The molecule has 4 aliphatic rings. The molecule has 0 aliphatic carbocycles. The maximum atomic E-state index is 12.9. The van der Waals surface area contributed by atoms with E-state index in [0.29, 0.717) is 44.2 Å². The lowest BCUT2D eigenvalue weighted by atomic mass is 10.1. The van der Waals surface area contributed by atoms with E-state index in [9.17, 15) is 23.3 Å². The maximum absolute atomic E-state index is 12.9. The van der Waals surface area contributed by atoms with E-state index in [1.165, 1.54) is 74.5 Å². The first kappa shape index (κ1) is 63.3. The van der Waals surface area contributed by atoms with Gasteiger partial charge in [0, 0.05) is 58.7 Å². The highest BCUT2D eigenvalue weighted by atomic mass is 19.3. The second-order valence-corrected chi connectivity index (χ2v) is 21.5. The molecule has 0 radical (unpaired) electrons. The molecule has 8 aromatic carbocycles. The van der Waals surface area contributed by atoms with Crippen molar-refractivity contribution < 1.29 is 69.6 Å². The maximum Gasteiger partial charge on any atom is 0.293 e. The number of hydrogen-bond acceptors (Lipinski definition) is 9. The number of nitro groups is 1. The van der Waals surface area contributed by atoms with Gasteiger partial charge in [0.05, 0.1) is 26.3 Å². The second-order valence-electron chi connectivity index (χ2n) is 21.5. The SMILES string of the molecule is COc1cc(/C=[N+]2/COc3c(C)cc(C)cc32)cc(OC)c1OC.Cc1cc(C)c2c(c1)/[N+](=C\c1ccc(F)cc1)CO2.Cc1cc(C)c2c(c1)/[N+](=C\c1ccc([N+](=O)[O-])cc1)CO2.Cc1ccc(C)c(/C=[N+]2/COc3c(C)cc(C)cc32)c1.FCF. The number of benzene rings is 8. The lowest BCUT2D eigenvalue weighted by Gasteiger charge is -2.12. The van der Waals surface area contributed by atoms with E-state index in [1.807, 2.05) is 53.8 Å². The Morgan fingerprint density at radius 3 is 1.13 bits per heavy atom. The van der Waals surface area contributed by atoms with Crippen molar-refractivity contribution >= 4 is 53.3 Å². The molecule has 0 saturated carbocycles. The van der Waals surface area contributed by atoms with Crippen LogP contribution in [0.1, 0.15) is 77.9 Å². The van der Waals surface area contributed by atoms with E-state index in [2.05, 4.69) is 137 Å². The fourth-order valence-electron chi connectivity index (χ4n) is 10.6. The van der Waals surface area contributed by atoms with E-state index in [1.54, 1.807) is 45.6 Å². The summed E-state index contributed by atoms with van der Waals surface area (Å²) in [6.45, 7) is 21.1. The van der Waals surface area contributed by atoms with Gasteiger partial charge in [-0.05, 0) is 174 Å². The number of nitrogens with zero attached hydrogens (tertiary/aromatic N) is 5. The number of hydrogen-bond donors (Lipinski definition) is 0. The highest BCUT2D eigenvalue weighted by molar-refractivity contribution is 5.82. The molecule has 8 aromatic rings. The second kappa shape index (κ2) is 28.4. The Hall–Kier alpha value is -9.77. The van der Waals surface area contributed by atoms with E-state index >= 15 is 0 Å². The van der Waals surface area contributed by atoms with Crippen LogP contribution in [0.25, 0.3) is 0 Å². The molecule has 12 rings (SSSR count). The summed E-state index contributed by atoms with van der Waals surface area (Å²) in [7, 11) is 4.82. The third-order valence-corrected chi connectivity index (χ3v) is 14.5. The van der Waals surface area contributed by atoms with Gasteiger partial charge in [-0.15, -0.1) is 0 Å². The summed E-state index contributed by atoms with van der Waals surface area (Å²) in [4.78, 5) is 10.3. The Bertz CT molecular complexity index is 3970. The predicted octanol–water partition coefficient (Wildman–Crippen LogP) is 15.2. The highest BCUT2D eigenvalue weighted by Crippen LogP contribution is 2.42. The van der Waals surface area contributed by atoms with Crippen LogP contribution in [-0.2, 0) is 0 Å². The Labute approximate surface area is 506 Å². The molecule has 0 unspecified atom stereocenters. The average Bonchev–Trinajstić information content (AvgIpc) is 3.01. The molecular formula is C70H74F3N5O9+4. The molecule has 17 heteroatoms. The van der Waals surface area contributed by atoms with Gasteiger partial charge in [0.2, 0.25) is 35.7 Å². The summed E-state index contributed by atoms with van der Waals surface area (Å²) in [6.07, 6.45) is 8.13. The molecule has 0 fully saturated rings. The molecule has 14 nitrogen and oxygen atoms in total. The van der Waals surface area contributed by atoms with Gasteiger partial charge < -0.3 is 33.2 Å². The molecule has 4 aliphatic heterocycles. The first-order valence-corrected chi connectivity index (χ1v) is 28.1. The third kappa shape index (κ3) is 15.4. The summed E-state index contributed by atoms with van der Waals surface area (Å²) in [5.41, 5.74) is 20.5. The van der Waals surface area contributed by atoms with Crippen LogP contribution in [0, 0.1) is 85.2 Å². The summed E-state index contributed by atoms with van der Waals surface area (Å²) in [5.74, 6) is 5.40. The average molecular weight is 1190 g/mol. The van der Waals surface area contributed by atoms with Crippen molar-refractivity contribution in [2.45, 2.75) is 69.2 Å². The van der Waals surface area contributed by atoms with Crippen molar-refractivity contribution in [3.8, 4) is 40.2 Å². The summed E-state index contributed by atoms with van der Waals surface area (Å²) in [6, 6.07) is 40.3. The lowest BCUT2D eigenvalue weighted by molar-refractivity contribution is -0.453. The number of nitro benzene ring substituents is 1. The van der Waals surface area contributed by atoms with E-state index in [0.717, 1.165) is 73.4 Å². The zero-order chi connectivity index (χ0) is 62.6. The Morgan fingerprint density at radius 1 is 0.437 bits per heavy atom. The molecule has 4 heterocycles. The molecule has 0 aromatic heterocycles. The van der Waals surface area contributed by atoms with Crippen molar-refractivity contribution in [2.24, 2.45) is 0 Å². The molecular weight excluding hydrogens is 1110 g/mol. The van der Waals surface area contributed by atoms with Crippen LogP contribution in [0.3, 0.4) is 0 Å². The van der Waals surface area contributed by atoms with Gasteiger partial charge in [0.1, 0.15) is 5.82 Å². The van der Waals surface area contributed by atoms with E-state index in [4.69, 9.17) is 33.2 Å². The minimum Gasteiger partial charge on any atom is -0.493 e. The number of aryl methyl sites for hydroxylation is 10. The van der Waals surface area contributed by atoms with E-state index < -0.39 is 11.9 Å². The number of ether oxygens (including phenoxy) is 7. The van der Waals surface area contributed by atoms with Gasteiger partial charge in [0.15, 0.2) is 36.4 Å². The largest absolute Gasteiger partial charge is 0.493 e. The topological polar surface area (TPSA) is 120 Å². The Balaban J connectivity index is 0.000000149. The fourth-order valence-corrected chi connectivity index (χ4v) is 10.6. The molecule has 0 atom stereocenters. The number of non-ortho nitro benzene ring substituents is 1. The van der Waals surface area contributed by atoms with Crippen LogP contribution in [0.4, 0.5) is 41.6 Å². The van der Waals surface area contributed by atoms with Gasteiger partial charge in [-0.1, -0.05) is 42.0 Å². The fraction of sp³-hybridized carbons (Fsp3) is 0.257. The Morgan fingerprint density at radius 2 is 0.782 bits per heavy atom. The quantitative estimate of drug-likeness (QED) is 0.0832. The summed E-state index contributed by atoms with van der Waals surface area (Å²) in [5, 5.41) is 10.7. The zero-order valence-electron chi connectivity index (χ0n) is 51.5. The van der Waals surface area contributed by atoms with Gasteiger partial charge in [-0.2, -0.15) is 18.3 Å². The first-order valence-electron chi connectivity index (χ1n) is 28.1. The predicted molar refractivity (Wildman–Crippen MR) is 335 cm³/mol. The van der Waals surface area contributed by atoms with E-state index in [-0.39, 0.29) is 11.5 Å². The van der Waals surface area contributed by atoms with Gasteiger partial charge in [-0.3, -0.25) is 10.1 Å². The number of methoxy groups -OCH3 is 3. The number of rotatable bonds is 8. The van der Waals surface area contributed by atoms with Crippen molar-refractivity contribution in [1.82, 2.24) is 0 Å². The first-order chi connectivity index (χ1) is 41.7. The minimum atomic E-state index is -1.75. The van der Waals surface area contributed by atoms with Crippen LogP contribution in [0.15, 0.2) is 127 Å². The number of halogens is 3.